The molecule has 4 nitrogen and oxygen atoms in total. The van der Waals surface area contributed by atoms with Crippen molar-refractivity contribution in [2.24, 2.45) is 0 Å². The smallest absolute Gasteiger partial charge is 0.238 e. The maximum absolute atomic E-state index is 13.0. The maximum atomic E-state index is 13.0. The van der Waals surface area contributed by atoms with Crippen LogP contribution in [0.3, 0.4) is 0 Å². The van der Waals surface area contributed by atoms with Crippen molar-refractivity contribution in [3.8, 4) is 0 Å². The van der Waals surface area contributed by atoms with Gasteiger partial charge >= 0.3 is 0 Å². The minimum atomic E-state index is -0.312. The van der Waals surface area contributed by atoms with Crippen molar-refractivity contribution in [1.82, 2.24) is 9.88 Å². The number of benzene rings is 2. The van der Waals surface area contributed by atoms with Gasteiger partial charge in [-0.2, -0.15) is 0 Å². The number of rotatable bonds is 4. The van der Waals surface area contributed by atoms with E-state index in [0.717, 1.165) is 29.9 Å². The van der Waals surface area contributed by atoms with Crippen LogP contribution in [0.5, 0.6) is 0 Å². The topological polar surface area (TPSA) is 45.2 Å². The van der Waals surface area contributed by atoms with Gasteiger partial charge in [-0.1, -0.05) is 12.1 Å². The van der Waals surface area contributed by atoms with Gasteiger partial charge in [-0.05, 0) is 55.8 Å². The Balaban J connectivity index is 1.45. The van der Waals surface area contributed by atoms with Gasteiger partial charge in [-0.3, -0.25) is 9.69 Å². The number of amides is 1. The van der Waals surface area contributed by atoms with Crippen LogP contribution < -0.4 is 5.32 Å². The van der Waals surface area contributed by atoms with Crippen LogP contribution in [0.2, 0.25) is 0 Å². The van der Waals surface area contributed by atoms with Crippen molar-refractivity contribution in [3.05, 3.63) is 59.4 Å². The lowest BCUT2D eigenvalue weighted by molar-refractivity contribution is -0.117. The van der Waals surface area contributed by atoms with E-state index >= 15 is 0 Å². The number of aromatic nitrogens is 1. The molecular weight excluding hydrogens is 337 g/mol. The van der Waals surface area contributed by atoms with Gasteiger partial charge in [0.1, 0.15) is 10.8 Å². The Kier molecular flexibility index (Phi) is 4.46. The van der Waals surface area contributed by atoms with Gasteiger partial charge in [-0.15, -0.1) is 11.3 Å². The van der Waals surface area contributed by atoms with Gasteiger partial charge in [0.25, 0.3) is 0 Å². The molecule has 1 fully saturated rings. The summed E-state index contributed by atoms with van der Waals surface area (Å²) in [6, 6.07) is 14.1. The SMILES string of the molecule is O=C(CN1CCC[C@H]1c1nc2ccccc2s1)Nc1ccc(F)cc1. The van der Waals surface area contributed by atoms with Gasteiger partial charge in [-0.25, -0.2) is 9.37 Å². The van der Waals surface area contributed by atoms with E-state index < -0.39 is 0 Å². The predicted octanol–water partition coefficient (Wildman–Crippen LogP) is 4.21. The van der Waals surface area contributed by atoms with E-state index in [0.29, 0.717) is 12.2 Å². The number of carbonyl (C=O) groups excluding carboxylic acids is 1. The van der Waals surface area contributed by atoms with Crippen LogP contribution in [-0.2, 0) is 4.79 Å². The number of hydrogen-bond acceptors (Lipinski definition) is 4. The summed E-state index contributed by atoms with van der Waals surface area (Å²) in [4.78, 5) is 19.3. The third kappa shape index (κ3) is 3.55. The van der Waals surface area contributed by atoms with Crippen LogP contribution in [0.25, 0.3) is 10.2 Å². The zero-order valence-corrected chi connectivity index (χ0v) is 14.4. The number of hydrogen-bond donors (Lipinski definition) is 1. The minimum Gasteiger partial charge on any atom is -0.325 e. The van der Waals surface area contributed by atoms with Crippen LogP contribution >= 0.6 is 11.3 Å². The molecule has 0 radical (unpaired) electrons. The van der Waals surface area contributed by atoms with Crippen molar-refractivity contribution in [2.45, 2.75) is 18.9 Å². The van der Waals surface area contributed by atoms with Crippen molar-refractivity contribution in [1.29, 1.82) is 0 Å². The molecule has 1 aromatic heterocycles. The third-order valence-electron chi connectivity index (χ3n) is 4.43. The molecule has 3 aromatic rings. The Morgan fingerprint density at radius 2 is 2.04 bits per heavy atom. The number of likely N-dealkylation sites (tertiary alicyclic amines) is 1. The fourth-order valence-electron chi connectivity index (χ4n) is 3.25. The largest absolute Gasteiger partial charge is 0.325 e. The summed E-state index contributed by atoms with van der Waals surface area (Å²) in [7, 11) is 0. The van der Waals surface area contributed by atoms with E-state index in [2.05, 4.69) is 16.3 Å². The van der Waals surface area contributed by atoms with E-state index in [-0.39, 0.29) is 17.8 Å². The molecule has 128 valence electrons. The third-order valence-corrected chi connectivity index (χ3v) is 5.57. The number of fused-ring (bicyclic) bond motifs is 1. The number of carbonyl (C=O) groups is 1. The highest BCUT2D eigenvalue weighted by atomic mass is 32.1. The molecule has 1 aliphatic rings. The number of nitrogens with one attached hydrogen (secondary N) is 1. The molecule has 2 aromatic carbocycles. The van der Waals surface area contributed by atoms with Crippen LogP contribution in [0.15, 0.2) is 48.5 Å². The molecular formula is C19H18FN3OS. The molecule has 1 saturated heterocycles. The quantitative estimate of drug-likeness (QED) is 0.762. The molecule has 25 heavy (non-hydrogen) atoms. The summed E-state index contributed by atoms with van der Waals surface area (Å²) < 4.78 is 14.1. The Bertz CT molecular complexity index is 860. The molecule has 0 bridgehead atoms. The van der Waals surface area contributed by atoms with Gasteiger partial charge in [0.05, 0.1) is 22.8 Å². The average Bonchev–Trinajstić information content (AvgIpc) is 3.22. The molecule has 0 spiro atoms. The van der Waals surface area contributed by atoms with Crippen molar-refractivity contribution in [3.63, 3.8) is 0 Å². The zero-order valence-electron chi connectivity index (χ0n) is 13.6. The molecule has 1 aliphatic heterocycles. The first-order valence-electron chi connectivity index (χ1n) is 8.34. The van der Waals surface area contributed by atoms with E-state index in [4.69, 9.17) is 4.98 Å². The van der Waals surface area contributed by atoms with E-state index in [1.165, 1.54) is 16.8 Å². The van der Waals surface area contributed by atoms with E-state index in [1.807, 2.05) is 18.2 Å². The summed E-state index contributed by atoms with van der Waals surface area (Å²) in [5, 5.41) is 3.91. The predicted molar refractivity (Wildman–Crippen MR) is 98.2 cm³/mol. The molecule has 6 heteroatoms. The second-order valence-electron chi connectivity index (χ2n) is 6.20. The van der Waals surface area contributed by atoms with E-state index in [9.17, 15) is 9.18 Å². The summed E-state index contributed by atoms with van der Waals surface area (Å²) in [5.74, 6) is -0.395. The first-order chi connectivity index (χ1) is 12.2. The molecule has 1 atom stereocenters. The van der Waals surface area contributed by atoms with Crippen molar-refractivity contribution >= 4 is 33.1 Å². The fraction of sp³-hybridized carbons (Fsp3) is 0.263. The van der Waals surface area contributed by atoms with Gasteiger partial charge < -0.3 is 5.32 Å². The molecule has 2 heterocycles. The maximum Gasteiger partial charge on any atom is 0.238 e. The van der Waals surface area contributed by atoms with Gasteiger partial charge in [0.15, 0.2) is 0 Å². The number of halogens is 1. The summed E-state index contributed by atoms with van der Waals surface area (Å²) in [5.41, 5.74) is 1.63. The monoisotopic (exact) mass is 355 g/mol. The van der Waals surface area contributed by atoms with Crippen LogP contribution in [-0.4, -0.2) is 28.9 Å². The van der Waals surface area contributed by atoms with Crippen molar-refractivity contribution in [2.75, 3.05) is 18.4 Å². The number of para-hydroxylation sites is 1. The average molecular weight is 355 g/mol. The lowest BCUT2D eigenvalue weighted by Crippen LogP contribution is -2.32. The number of anilines is 1. The standard InChI is InChI=1S/C19H18FN3OS/c20-13-7-9-14(10-8-13)21-18(24)12-23-11-3-5-16(23)19-22-15-4-1-2-6-17(15)25-19/h1-2,4,6-10,16H,3,5,11-12H2,(H,21,24)/t16-/m0/s1. The highest BCUT2D eigenvalue weighted by Crippen LogP contribution is 2.36. The minimum absolute atomic E-state index is 0.0837. The van der Waals surface area contributed by atoms with Crippen LogP contribution in [0.4, 0.5) is 10.1 Å². The Morgan fingerprint density at radius 1 is 1.24 bits per heavy atom. The first kappa shape index (κ1) is 16.2. The number of nitrogens with zero attached hydrogens (tertiary/aromatic N) is 2. The molecule has 0 saturated carbocycles. The highest BCUT2D eigenvalue weighted by molar-refractivity contribution is 7.18. The van der Waals surface area contributed by atoms with Crippen LogP contribution in [0.1, 0.15) is 23.9 Å². The lowest BCUT2D eigenvalue weighted by Gasteiger charge is -2.22. The molecule has 1 N–H and O–H groups in total. The van der Waals surface area contributed by atoms with Gasteiger partial charge in [0, 0.05) is 5.69 Å². The van der Waals surface area contributed by atoms with Crippen molar-refractivity contribution < 1.29 is 9.18 Å². The van der Waals surface area contributed by atoms with Crippen LogP contribution in [0, 0.1) is 5.82 Å². The Labute approximate surface area is 149 Å². The normalized spacial score (nSPS) is 17.9. The second-order valence-corrected chi connectivity index (χ2v) is 7.27. The molecule has 1 amide bonds. The second kappa shape index (κ2) is 6.90. The molecule has 0 aliphatic carbocycles. The van der Waals surface area contributed by atoms with E-state index in [1.54, 1.807) is 23.5 Å². The Morgan fingerprint density at radius 3 is 2.84 bits per heavy atom. The number of thiazole rings is 1. The summed E-state index contributed by atoms with van der Waals surface area (Å²) >= 11 is 1.70. The molecule has 4 rings (SSSR count). The molecule has 0 unspecified atom stereocenters. The fourth-order valence-corrected chi connectivity index (χ4v) is 4.38. The summed E-state index contributed by atoms with van der Waals surface area (Å²) in [6.45, 7) is 1.20. The zero-order chi connectivity index (χ0) is 17.2. The van der Waals surface area contributed by atoms with Gasteiger partial charge in [0.2, 0.25) is 5.91 Å². The lowest BCUT2D eigenvalue weighted by atomic mass is 10.2. The highest BCUT2D eigenvalue weighted by Gasteiger charge is 2.30. The first-order valence-corrected chi connectivity index (χ1v) is 9.15. The summed E-state index contributed by atoms with van der Waals surface area (Å²) in [6.07, 6.45) is 2.08. The Hall–Kier alpha value is -2.31.